The van der Waals surface area contributed by atoms with Gasteiger partial charge in [0.1, 0.15) is 24.2 Å². The van der Waals surface area contributed by atoms with Gasteiger partial charge in [-0.1, -0.05) is 0 Å². The van der Waals surface area contributed by atoms with Crippen molar-refractivity contribution in [2.75, 3.05) is 6.61 Å². The highest BCUT2D eigenvalue weighted by Crippen LogP contribution is 2.32. The van der Waals surface area contributed by atoms with Crippen molar-refractivity contribution >= 4 is 11.9 Å². The van der Waals surface area contributed by atoms with E-state index in [1.54, 1.807) is 0 Å². The first-order chi connectivity index (χ1) is 8.47. The van der Waals surface area contributed by atoms with Gasteiger partial charge >= 0.3 is 6.16 Å². The number of hydrogen-bond donors (Lipinski definition) is 2. The summed E-state index contributed by atoms with van der Waals surface area (Å²) in [4.78, 5) is 21.7. The van der Waals surface area contributed by atoms with Crippen LogP contribution in [0.5, 0.6) is 11.5 Å². The van der Waals surface area contributed by atoms with Crippen molar-refractivity contribution in [3.63, 3.8) is 0 Å². The summed E-state index contributed by atoms with van der Waals surface area (Å²) in [5.41, 5.74) is 0.837. The van der Waals surface area contributed by atoms with Crippen LogP contribution in [0, 0.1) is 0 Å². The maximum absolute atomic E-state index is 11.3. The van der Waals surface area contributed by atoms with Crippen LogP contribution >= 0.6 is 0 Å². The van der Waals surface area contributed by atoms with Crippen LogP contribution in [0.15, 0.2) is 12.1 Å². The lowest BCUT2D eigenvalue weighted by molar-refractivity contribution is 0.0227. The number of carbonyl (C=O) groups excluding carboxylic acids is 1. The summed E-state index contributed by atoms with van der Waals surface area (Å²) in [5, 5.41) is 18.2. The maximum atomic E-state index is 11.3. The van der Waals surface area contributed by atoms with Crippen LogP contribution in [0.4, 0.5) is 4.79 Å². The Morgan fingerprint density at radius 1 is 1.44 bits per heavy atom. The molecule has 0 saturated heterocycles. The van der Waals surface area contributed by atoms with Gasteiger partial charge in [-0.05, 0) is 18.6 Å². The van der Waals surface area contributed by atoms with Gasteiger partial charge in [0.25, 0.3) is 0 Å². The van der Waals surface area contributed by atoms with Gasteiger partial charge in [0.2, 0.25) is 0 Å². The lowest BCUT2D eigenvalue weighted by Crippen LogP contribution is -2.30. The fourth-order valence-electron chi connectivity index (χ4n) is 1.89. The van der Waals surface area contributed by atoms with E-state index in [-0.39, 0.29) is 23.7 Å². The number of ether oxygens (including phenoxy) is 2. The number of phenols is 1. The van der Waals surface area contributed by atoms with E-state index in [2.05, 4.69) is 4.74 Å². The molecule has 18 heavy (non-hydrogen) atoms. The van der Waals surface area contributed by atoms with Crippen LogP contribution < -0.4 is 4.74 Å². The molecule has 0 radical (unpaired) electrons. The molecule has 2 rings (SSSR count). The summed E-state index contributed by atoms with van der Waals surface area (Å²) in [6.07, 6.45) is -1.64. The molecule has 1 aromatic carbocycles. The van der Waals surface area contributed by atoms with Crippen LogP contribution in [0.3, 0.4) is 0 Å². The average Bonchev–Trinajstić information content (AvgIpc) is 2.27. The lowest BCUT2D eigenvalue weighted by Gasteiger charge is -2.24. The lowest BCUT2D eigenvalue weighted by atomic mass is 9.99. The fraction of sp³-hybridized carbons (Fsp3) is 0.333. The minimum Gasteiger partial charge on any atom is -0.507 e. The Balaban J connectivity index is 2.28. The second-order valence-corrected chi connectivity index (χ2v) is 4.05. The third-order valence-corrected chi connectivity index (χ3v) is 2.70. The summed E-state index contributed by atoms with van der Waals surface area (Å²) in [5.74, 6) is 0.0400. The molecule has 0 fully saturated rings. The smallest absolute Gasteiger partial charge is 0.506 e. The monoisotopic (exact) mass is 252 g/mol. The van der Waals surface area contributed by atoms with E-state index in [0.717, 1.165) is 0 Å². The number of benzene rings is 1. The summed E-state index contributed by atoms with van der Waals surface area (Å²) in [7, 11) is 0. The van der Waals surface area contributed by atoms with Crippen molar-refractivity contribution in [3.8, 4) is 11.5 Å². The Morgan fingerprint density at radius 3 is 2.78 bits per heavy atom. The largest absolute Gasteiger partial charge is 0.507 e. The predicted octanol–water partition coefficient (Wildman–Crippen LogP) is 1.59. The number of phenolic OH excluding ortho intramolecular Hbond substituents is 1. The van der Waals surface area contributed by atoms with Crippen molar-refractivity contribution in [2.24, 2.45) is 0 Å². The Hall–Kier alpha value is -2.24. The van der Waals surface area contributed by atoms with Crippen molar-refractivity contribution < 1.29 is 29.3 Å². The molecule has 1 aliphatic heterocycles. The highest BCUT2D eigenvalue weighted by atomic mass is 16.7. The van der Waals surface area contributed by atoms with Crippen molar-refractivity contribution in [3.05, 3.63) is 23.3 Å². The molecule has 0 aliphatic carbocycles. The minimum absolute atomic E-state index is 0.0954. The predicted molar refractivity (Wildman–Crippen MR) is 60.2 cm³/mol. The summed E-state index contributed by atoms with van der Waals surface area (Å²) in [6.45, 7) is 1.44. The van der Waals surface area contributed by atoms with E-state index in [1.807, 2.05) is 0 Å². The molecule has 0 amide bonds. The highest BCUT2D eigenvalue weighted by Gasteiger charge is 2.25. The third kappa shape index (κ3) is 2.37. The van der Waals surface area contributed by atoms with Gasteiger partial charge in [-0.2, -0.15) is 0 Å². The Bertz CT molecular complexity index is 508. The number of fused-ring (bicyclic) bond motifs is 1. The first-order valence-corrected chi connectivity index (χ1v) is 5.36. The topological polar surface area (TPSA) is 93.1 Å². The van der Waals surface area contributed by atoms with Gasteiger partial charge in [0, 0.05) is 12.5 Å². The zero-order valence-electron chi connectivity index (χ0n) is 9.67. The number of hydrogen-bond acceptors (Lipinski definition) is 5. The van der Waals surface area contributed by atoms with E-state index in [4.69, 9.17) is 9.84 Å². The van der Waals surface area contributed by atoms with Gasteiger partial charge in [-0.25, -0.2) is 4.79 Å². The molecule has 0 aromatic heterocycles. The van der Waals surface area contributed by atoms with Gasteiger partial charge in [0.15, 0.2) is 5.78 Å². The number of ketones is 1. The highest BCUT2D eigenvalue weighted by molar-refractivity contribution is 5.97. The van der Waals surface area contributed by atoms with Crippen molar-refractivity contribution in [1.82, 2.24) is 0 Å². The zero-order chi connectivity index (χ0) is 13.3. The standard InChI is InChI=1S/C12H12O6/c1-6(13)9-3-7-2-8(18-12(15)16)5-17-11(7)4-10(9)14/h3-4,8,14H,2,5H2,1H3,(H,15,16). The van der Waals surface area contributed by atoms with Crippen LogP contribution in [-0.2, 0) is 11.2 Å². The molecule has 2 N–H and O–H groups in total. The molecule has 1 aliphatic rings. The van der Waals surface area contributed by atoms with Gasteiger partial charge in [0.05, 0.1) is 5.56 Å². The minimum atomic E-state index is -1.36. The molecule has 0 bridgehead atoms. The normalized spacial score (nSPS) is 17.5. The van der Waals surface area contributed by atoms with Gasteiger partial charge in [-0.3, -0.25) is 4.79 Å². The van der Waals surface area contributed by atoms with Crippen molar-refractivity contribution in [1.29, 1.82) is 0 Å². The van der Waals surface area contributed by atoms with E-state index in [1.165, 1.54) is 19.1 Å². The molecule has 96 valence electrons. The first kappa shape index (κ1) is 12.2. The molecule has 1 unspecified atom stereocenters. The van der Waals surface area contributed by atoms with Gasteiger partial charge < -0.3 is 19.7 Å². The second-order valence-electron chi connectivity index (χ2n) is 4.05. The molecule has 1 aromatic rings. The maximum Gasteiger partial charge on any atom is 0.506 e. The number of rotatable bonds is 2. The molecular formula is C12H12O6. The quantitative estimate of drug-likeness (QED) is 0.613. The number of Topliss-reactive ketones (excluding diaryl/α,β-unsaturated/α-hetero) is 1. The molecule has 0 saturated carbocycles. The molecule has 1 atom stereocenters. The van der Waals surface area contributed by atoms with E-state index in [9.17, 15) is 14.7 Å². The summed E-state index contributed by atoms with van der Waals surface area (Å²) in [6, 6.07) is 2.87. The van der Waals surface area contributed by atoms with Crippen LogP contribution in [-0.4, -0.2) is 34.9 Å². The summed E-state index contributed by atoms with van der Waals surface area (Å²) < 4.78 is 9.92. The Labute approximate surface area is 103 Å². The van der Waals surface area contributed by atoms with Gasteiger partial charge in [-0.15, -0.1) is 0 Å². The van der Waals surface area contributed by atoms with Crippen LogP contribution in [0.1, 0.15) is 22.8 Å². The fourth-order valence-corrected chi connectivity index (χ4v) is 1.89. The second kappa shape index (κ2) is 4.56. The number of carboxylic acid groups (broad SMARTS) is 1. The number of carbonyl (C=O) groups is 2. The average molecular weight is 252 g/mol. The first-order valence-electron chi connectivity index (χ1n) is 5.36. The van der Waals surface area contributed by atoms with E-state index in [0.29, 0.717) is 17.7 Å². The zero-order valence-corrected chi connectivity index (χ0v) is 9.67. The molecule has 1 heterocycles. The molecule has 0 spiro atoms. The van der Waals surface area contributed by atoms with E-state index < -0.39 is 12.3 Å². The van der Waals surface area contributed by atoms with Crippen LogP contribution in [0.2, 0.25) is 0 Å². The molecule has 6 heteroatoms. The molecule has 6 nitrogen and oxygen atoms in total. The third-order valence-electron chi connectivity index (χ3n) is 2.70. The number of aromatic hydroxyl groups is 1. The van der Waals surface area contributed by atoms with Crippen LogP contribution in [0.25, 0.3) is 0 Å². The summed E-state index contributed by atoms with van der Waals surface area (Å²) >= 11 is 0. The molecular weight excluding hydrogens is 240 g/mol. The SMILES string of the molecule is CC(=O)c1cc2c(cc1O)OCC(OC(=O)O)C2. The Morgan fingerprint density at radius 2 is 2.17 bits per heavy atom. The Kier molecular flexibility index (Phi) is 3.10. The van der Waals surface area contributed by atoms with Crippen molar-refractivity contribution in [2.45, 2.75) is 19.4 Å². The van der Waals surface area contributed by atoms with E-state index >= 15 is 0 Å².